The zero-order valence-corrected chi connectivity index (χ0v) is 23.3. The van der Waals surface area contributed by atoms with Crippen molar-refractivity contribution < 1.29 is 0 Å². The predicted octanol–water partition coefficient (Wildman–Crippen LogP) is 10.4. The molecule has 196 valence electrons. The first kappa shape index (κ1) is 30.4. The number of nitrogens with zero attached hydrogens (tertiary/aromatic N) is 2. The molecule has 0 bridgehead atoms. The highest BCUT2D eigenvalue weighted by molar-refractivity contribution is 4.96. The third-order valence-corrected chi connectivity index (χ3v) is 7.62. The van der Waals surface area contributed by atoms with Gasteiger partial charge in [-0.25, -0.2) is 0 Å². The molecule has 0 saturated heterocycles. The average molecular weight is 463 g/mol. The Morgan fingerprint density at radius 1 is 0.394 bits per heavy atom. The first-order valence-corrected chi connectivity index (χ1v) is 15.5. The summed E-state index contributed by atoms with van der Waals surface area (Å²) in [7, 11) is 0. The SMILES string of the molecule is CCCCCCCCCCCCCCCCCCCN1C=CN(CCCCCCC)C1CC. The quantitative estimate of drug-likeness (QED) is 0.124. The van der Waals surface area contributed by atoms with Gasteiger partial charge in [0.25, 0.3) is 0 Å². The summed E-state index contributed by atoms with van der Waals surface area (Å²) in [5, 5.41) is 0. The van der Waals surface area contributed by atoms with Gasteiger partial charge in [0, 0.05) is 25.5 Å². The molecule has 1 aliphatic heterocycles. The molecule has 0 N–H and O–H groups in total. The van der Waals surface area contributed by atoms with Crippen LogP contribution in [0.2, 0.25) is 0 Å². The Kier molecular flexibility index (Phi) is 21.3. The lowest BCUT2D eigenvalue weighted by molar-refractivity contribution is 0.144. The summed E-state index contributed by atoms with van der Waals surface area (Å²) in [5.41, 5.74) is 0. The Bertz CT molecular complexity index is 419. The Hall–Kier alpha value is -0.660. The number of unbranched alkanes of at least 4 members (excludes halogenated alkanes) is 20. The van der Waals surface area contributed by atoms with Crippen LogP contribution in [-0.2, 0) is 0 Å². The van der Waals surface area contributed by atoms with Gasteiger partial charge in [0.1, 0.15) is 6.17 Å². The lowest BCUT2D eigenvalue weighted by atomic mass is 10.0. The van der Waals surface area contributed by atoms with Crippen molar-refractivity contribution in [1.82, 2.24) is 9.80 Å². The molecule has 1 atom stereocenters. The normalized spacial score (nSPS) is 15.8. The Morgan fingerprint density at radius 2 is 0.667 bits per heavy atom. The van der Waals surface area contributed by atoms with E-state index in [2.05, 4.69) is 43.0 Å². The van der Waals surface area contributed by atoms with E-state index < -0.39 is 0 Å². The van der Waals surface area contributed by atoms with Crippen molar-refractivity contribution in [3.8, 4) is 0 Å². The highest BCUT2D eigenvalue weighted by atomic mass is 15.4. The van der Waals surface area contributed by atoms with Crippen LogP contribution in [0.15, 0.2) is 12.4 Å². The topological polar surface area (TPSA) is 6.48 Å². The molecule has 1 unspecified atom stereocenters. The number of rotatable bonds is 25. The van der Waals surface area contributed by atoms with Crippen LogP contribution >= 0.6 is 0 Å². The lowest BCUT2D eigenvalue weighted by Crippen LogP contribution is -2.38. The van der Waals surface area contributed by atoms with Gasteiger partial charge in [0.15, 0.2) is 0 Å². The molecule has 1 rings (SSSR count). The summed E-state index contributed by atoms with van der Waals surface area (Å²) in [5.74, 6) is 0. The predicted molar refractivity (Wildman–Crippen MR) is 150 cm³/mol. The lowest BCUT2D eigenvalue weighted by Gasteiger charge is -2.32. The number of hydrogen-bond donors (Lipinski definition) is 0. The van der Waals surface area contributed by atoms with E-state index in [1.165, 1.54) is 161 Å². The van der Waals surface area contributed by atoms with E-state index in [4.69, 9.17) is 0 Å². The Balaban J connectivity index is 1.86. The summed E-state index contributed by atoms with van der Waals surface area (Å²) in [6.07, 6.45) is 38.2. The summed E-state index contributed by atoms with van der Waals surface area (Å²) in [6.45, 7) is 9.45. The fourth-order valence-corrected chi connectivity index (χ4v) is 5.39. The van der Waals surface area contributed by atoms with Gasteiger partial charge in [0.05, 0.1) is 0 Å². The van der Waals surface area contributed by atoms with Crippen LogP contribution in [0.25, 0.3) is 0 Å². The van der Waals surface area contributed by atoms with Gasteiger partial charge in [-0.1, -0.05) is 149 Å². The standard InChI is InChI=1S/C31H62N2/c1-4-7-9-11-12-13-14-15-16-17-18-19-20-21-22-24-26-28-33-30-29-32(31(33)6-3)27-25-23-10-8-5-2/h29-31H,4-28H2,1-3H3. The van der Waals surface area contributed by atoms with Crippen LogP contribution in [0.5, 0.6) is 0 Å². The van der Waals surface area contributed by atoms with Crippen LogP contribution in [0.3, 0.4) is 0 Å². The molecule has 1 aliphatic rings. The molecule has 0 aliphatic carbocycles. The molecule has 2 heteroatoms. The second kappa shape index (κ2) is 23.1. The second-order valence-electron chi connectivity index (χ2n) is 10.7. The van der Waals surface area contributed by atoms with Crippen LogP contribution in [-0.4, -0.2) is 29.1 Å². The molecule has 0 amide bonds. The van der Waals surface area contributed by atoms with Crippen molar-refractivity contribution >= 4 is 0 Å². The summed E-state index contributed by atoms with van der Waals surface area (Å²) < 4.78 is 0. The van der Waals surface area contributed by atoms with E-state index in [9.17, 15) is 0 Å². The van der Waals surface area contributed by atoms with E-state index in [0.29, 0.717) is 6.17 Å². The van der Waals surface area contributed by atoms with Crippen LogP contribution < -0.4 is 0 Å². The third kappa shape index (κ3) is 16.6. The van der Waals surface area contributed by atoms with Crippen molar-refractivity contribution in [2.45, 2.75) is 175 Å². The van der Waals surface area contributed by atoms with Crippen molar-refractivity contribution in [3.05, 3.63) is 12.4 Å². The van der Waals surface area contributed by atoms with Gasteiger partial charge >= 0.3 is 0 Å². The van der Waals surface area contributed by atoms with Crippen LogP contribution in [0.1, 0.15) is 168 Å². The maximum absolute atomic E-state index is 2.61. The molecule has 0 aromatic rings. The summed E-state index contributed by atoms with van der Waals surface area (Å²) in [6, 6.07) is 0. The Morgan fingerprint density at radius 3 is 0.939 bits per heavy atom. The minimum atomic E-state index is 0.622. The largest absolute Gasteiger partial charge is 0.356 e. The highest BCUT2D eigenvalue weighted by Crippen LogP contribution is 2.21. The van der Waals surface area contributed by atoms with E-state index in [0.717, 1.165) is 0 Å². The molecular weight excluding hydrogens is 400 g/mol. The minimum absolute atomic E-state index is 0.622. The Labute approximate surface area is 210 Å². The summed E-state index contributed by atoms with van der Waals surface area (Å²) in [4.78, 5) is 5.21. The average Bonchev–Trinajstić information content (AvgIpc) is 3.22. The third-order valence-electron chi connectivity index (χ3n) is 7.62. The fraction of sp³-hybridized carbons (Fsp3) is 0.935. The van der Waals surface area contributed by atoms with Gasteiger partial charge in [0.2, 0.25) is 0 Å². The fourth-order valence-electron chi connectivity index (χ4n) is 5.39. The molecule has 2 nitrogen and oxygen atoms in total. The van der Waals surface area contributed by atoms with Gasteiger partial charge in [-0.2, -0.15) is 0 Å². The first-order valence-electron chi connectivity index (χ1n) is 15.5. The smallest absolute Gasteiger partial charge is 0.100 e. The minimum Gasteiger partial charge on any atom is -0.356 e. The van der Waals surface area contributed by atoms with E-state index in [-0.39, 0.29) is 0 Å². The van der Waals surface area contributed by atoms with Crippen molar-refractivity contribution in [3.63, 3.8) is 0 Å². The monoisotopic (exact) mass is 462 g/mol. The van der Waals surface area contributed by atoms with Gasteiger partial charge < -0.3 is 9.80 Å². The molecule has 1 heterocycles. The maximum Gasteiger partial charge on any atom is 0.100 e. The van der Waals surface area contributed by atoms with Crippen LogP contribution in [0, 0.1) is 0 Å². The molecule has 0 aromatic heterocycles. The molecule has 0 fully saturated rings. The molecular formula is C31H62N2. The molecule has 0 spiro atoms. The van der Waals surface area contributed by atoms with Crippen LogP contribution in [0.4, 0.5) is 0 Å². The van der Waals surface area contributed by atoms with Crippen molar-refractivity contribution in [1.29, 1.82) is 0 Å². The number of hydrogen-bond acceptors (Lipinski definition) is 2. The van der Waals surface area contributed by atoms with E-state index in [1.807, 2.05) is 0 Å². The second-order valence-corrected chi connectivity index (χ2v) is 10.7. The van der Waals surface area contributed by atoms with E-state index >= 15 is 0 Å². The molecule has 33 heavy (non-hydrogen) atoms. The van der Waals surface area contributed by atoms with Crippen molar-refractivity contribution in [2.75, 3.05) is 13.1 Å². The first-order chi connectivity index (χ1) is 16.3. The molecule has 0 radical (unpaired) electrons. The molecule has 0 aromatic carbocycles. The maximum atomic E-state index is 2.61. The van der Waals surface area contributed by atoms with Gasteiger partial charge in [-0.15, -0.1) is 0 Å². The van der Waals surface area contributed by atoms with Gasteiger partial charge in [-0.05, 0) is 19.3 Å². The highest BCUT2D eigenvalue weighted by Gasteiger charge is 2.23. The summed E-state index contributed by atoms with van der Waals surface area (Å²) >= 11 is 0. The van der Waals surface area contributed by atoms with E-state index in [1.54, 1.807) is 0 Å². The molecule has 0 saturated carbocycles. The van der Waals surface area contributed by atoms with Crippen molar-refractivity contribution in [2.24, 2.45) is 0 Å². The zero-order chi connectivity index (χ0) is 23.8. The van der Waals surface area contributed by atoms with Gasteiger partial charge in [-0.3, -0.25) is 0 Å². The zero-order valence-electron chi connectivity index (χ0n) is 23.3.